The van der Waals surface area contributed by atoms with Gasteiger partial charge in [0.1, 0.15) is 6.54 Å². The molecule has 2 amide bonds. The fourth-order valence-electron chi connectivity index (χ4n) is 3.44. The van der Waals surface area contributed by atoms with Crippen LogP contribution < -0.4 is 5.32 Å². The molecule has 2 aliphatic rings. The van der Waals surface area contributed by atoms with Crippen molar-refractivity contribution < 1.29 is 14.7 Å². The molecule has 120 valence electrons. The molecule has 2 saturated carbocycles. The van der Waals surface area contributed by atoms with Gasteiger partial charge in [0.25, 0.3) is 0 Å². The van der Waals surface area contributed by atoms with Crippen molar-refractivity contribution in [2.75, 3.05) is 27.2 Å². The van der Waals surface area contributed by atoms with Gasteiger partial charge >= 0.3 is 12.0 Å². The summed E-state index contributed by atoms with van der Waals surface area (Å²) >= 11 is 0. The summed E-state index contributed by atoms with van der Waals surface area (Å²) in [6, 6.07) is -0.143. The van der Waals surface area contributed by atoms with Crippen LogP contribution in [0.4, 0.5) is 4.79 Å². The van der Waals surface area contributed by atoms with E-state index in [0.717, 1.165) is 38.5 Å². The Hall–Kier alpha value is -1.30. The number of hydrogen-bond donors (Lipinski definition) is 2. The molecule has 0 spiro atoms. The SMILES string of the molecule is CN(C)C1(CNC(=O)N(CC(=O)O)C2CCCC2)CCC1. The van der Waals surface area contributed by atoms with Crippen LogP contribution in [0.1, 0.15) is 44.9 Å². The number of likely N-dealkylation sites (N-methyl/N-ethyl adjacent to an activating group) is 1. The number of carboxylic acids is 1. The van der Waals surface area contributed by atoms with Crippen molar-refractivity contribution >= 4 is 12.0 Å². The van der Waals surface area contributed by atoms with Gasteiger partial charge in [-0.25, -0.2) is 4.79 Å². The van der Waals surface area contributed by atoms with Crippen LogP contribution in [0.25, 0.3) is 0 Å². The molecule has 0 radical (unpaired) electrons. The Kier molecular flexibility index (Phi) is 5.08. The summed E-state index contributed by atoms with van der Waals surface area (Å²) < 4.78 is 0. The number of nitrogens with one attached hydrogen (secondary N) is 1. The summed E-state index contributed by atoms with van der Waals surface area (Å²) in [4.78, 5) is 27.1. The molecule has 0 unspecified atom stereocenters. The molecule has 2 N–H and O–H groups in total. The van der Waals surface area contributed by atoms with E-state index in [2.05, 4.69) is 10.2 Å². The van der Waals surface area contributed by atoms with E-state index in [0.29, 0.717) is 6.54 Å². The molecule has 0 aromatic carbocycles. The lowest BCUT2D eigenvalue weighted by atomic mass is 9.75. The Bertz CT molecular complexity index is 388. The highest BCUT2D eigenvalue weighted by molar-refractivity contribution is 5.80. The first-order valence-corrected chi connectivity index (χ1v) is 7.88. The molecular weight excluding hydrogens is 270 g/mol. The highest BCUT2D eigenvalue weighted by Gasteiger charge is 2.40. The third-order valence-corrected chi connectivity index (χ3v) is 5.13. The van der Waals surface area contributed by atoms with Gasteiger partial charge < -0.3 is 20.2 Å². The van der Waals surface area contributed by atoms with E-state index in [4.69, 9.17) is 5.11 Å². The molecule has 0 bridgehead atoms. The second-order valence-electron chi connectivity index (χ2n) is 6.59. The summed E-state index contributed by atoms with van der Waals surface area (Å²) in [5, 5.41) is 12.0. The van der Waals surface area contributed by atoms with Gasteiger partial charge in [0, 0.05) is 18.1 Å². The number of urea groups is 1. The molecule has 6 nitrogen and oxygen atoms in total. The number of hydrogen-bond acceptors (Lipinski definition) is 3. The van der Waals surface area contributed by atoms with Gasteiger partial charge in [0.2, 0.25) is 0 Å². The van der Waals surface area contributed by atoms with Gasteiger partial charge in [-0.3, -0.25) is 4.79 Å². The van der Waals surface area contributed by atoms with Gasteiger partial charge in [-0.05, 0) is 46.2 Å². The number of nitrogens with zero attached hydrogens (tertiary/aromatic N) is 2. The fraction of sp³-hybridized carbons (Fsp3) is 0.867. The van der Waals surface area contributed by atoms with Gasteiger partial charge in [-0.1, -0.05) is 12.8 Å². The third kappa shape index (κ3) is 3.67. The van der Waals surface area contributed by atoms with Crippen LogP contribution in [0.15, 0.2) is 0 Å². The van der Waals surface area contributed by atoms with Crippen LogP contribution in [0.2, 0.25) is 0 Å². The maximum atomic E-state index is 12.4. The molecule has 0 saturated heterocycles. The van der Waals surface area contributed by atoms with Crippen LogP contribution in [-0.4, -0.2) is 65.7 Å². The zero-order chi connectivity index (χ0) is 15.5. The molecule has 2 aliphatic carbocycles. The van der Waals surface area contributed by atoms with Crippen molar-refractivity contribution in [3.8, 4) is 0 Å². The lowest BCUT2D eigenvalue weighted by Gasteiger charge is -2.47. The summed E-state index contributed by atoms with van der Waals surface area (Å²) in [5.41, 5.74) is 0.0558. The van der Waals surface area contributed by atoms with E-state index in [9.17, 15) is 9.59 Å². The van der Waals surface area contributed by atoms with Crippen LogP contribution in [0.3, 0.4) is 0 Å². The second-order valence-corrected chi connectivity index (χ2v) is 6.59. The van der Waals surface area contributed by atoms with Gasteiger partial charge in [0.05, 0.1) is 0 Å². The molecular formula is C15H27N3O3. The quantitative estimate of drug-likeness (QED) is 0.779. The summed E-state index contributed by atoms with van der Waals surface area (Å²) in [7, 11) is 4.08. The van der Waals surface area contributed by atoms with Crippen molar-refractivity contribution in [3.63, 3.8) is 0 Å². The predicted molar refractivity (Wildman–Crippen MR) is 80.3 cm³/mol. The number of amides is 2. The highest BCUT2D eigenvalue weighted by atomic mass is 16.4. The summed E-state index contributed by atoms with van der Waals surface area (Å²) in [6.07, 6.45) is 7.35. The highest BCUT2D eigenvalue weighted by Crippen LogP contribution is 2.35. The van der Waals surface area contributed by atoms with Crippen LogP contribution >= 0.6 is 0 Å². The average Bonchev–Trinajstić information content (AvgIpc) is 2.87. The normalized spacial score (nSPS) is 21.1. The predicted octanol–water partition coefficient (Wildman–Crippen LogP) is 1.51. The van der Waals surface area contributed by atoms with E-state index >= 15 is 0 Å². The minimum atomic E-state index is -0.942. The molecule has 2 rings (SSSR count). The molecule has 0 aliphatic heterocycles. The van der Waals surface area contributed by atoms with E-state index in [-0.39, 0.29) is 24.2 Å². The number of rotatable bonds is 6. The van der Waals surface area contributed by atoms with Crippen molar-refractivity contribution in [1.29, 1.82) is 0 Å². The van der Waals surface area contributed by atoms with Gasteiger partial charge in [-0.2, -0.15) is 0 Å². The minimum Gasteiger partial charge on any atom is -0.480 e. The third-order valence-electron chi connectivity index (χ3n) is 5.13. The fourth-order valence-corrected chi connectivity index (χ4v) is 3.44. The van der Waals surface area contributed by atoms with Crippen molar-refractivity contribution in [2.45, 2.75) is 56.5 Å². The summed E-state index contributed by atoms with van der Waals surface area (Å²) in [6.45, 7) is 0.396. The Morgan fingerprint density at radius 3 is 2.24 bits per heavy atom. The Morgan fingerprint density at radius 2 is 1.81 bits per heavy atom. The van der Waals surface area contributed by atoms with Crippen LogP contribution in [0, 0.1) is 0 Å². The van der Waals surface area contributed by atoms with E-state index in [1.807, 2.05) is 14.1 Å². The molecule has 0 atom stereocenters. The molecule has 6 heteroatoms. The molecule has 2 fully saturated rings. The molecule has 0 aromatic heterocycles. The maximum absolute atomic E-state index is 12.4. The van der Waals surface area contributed by atoms with Crippen LogP contribution in [-0.2, 0) is 4.79 Å². The Balaban J connectivity index is 1.93. The lowest BCUT2D eigenvalue weighted by Crippen LogP contribution is -2.59. The zero-order valence-corrected chi connectivity index (χ0v) is 13.1. The first-order valence-electron chi connectivity index (χ1n) is 7.88. The Morgan fingerprint density at radius 1 is 1.19 bits per heavy atom. The smallest absolute Gasteiger partial charge is 0.323 e. The lowest BCUT2D eigenvalue weighted by molar-refractivity contribution is -0.138. The van der Waals surface area contributed by atoms with Crippen molar-refractivity contribution in [2.24, 2.45) is 0 Å². The van der Waals surface area contributed by atoms with Crippen LogP contribution in [0.5, 0.6) is 0 Å². The van der Waals surface area contributed by atoms with Gasteiger partial charge in [0.15, 0.2) is 0 Å². The largest absolute Gasteiger partial charge is 0.480 e. The molecule has 21 heavy (non-hydrogen) atoms. The minimum absolute atomic E-state index is 0.0558. The number of carbonyl (C=O) groups excluding carboxylic acids is 1. The summed E-state index contributed by atoms with van der Waals surface area (Å²) in [5.74, 6) is -0.942. The van der Waals surface area contributed by atoms with E-state index in [1.165, 1.54) is 11.3 Å². The second kappa shape index (κ2) is 6.64. The molecule has 0 heterocycles. The number of aliphatic carboxylic acids is 1. The van der Waals surface area contributed by atoms with E-state index in [1.54, 1.807) is 0 Å². The topological polar surface area (TPSA) is 72.9 Å². The number of carbonyl (C=O) groups is 2. The van der Waals surface area contributed by atoms with Crippen molar-refractivity contribution in [3.05, 3.63) is 0 Å². The number of carboxylic acid groups (broad SMARTS) is 1. The standard InChI is InChI=1S/C15H27N3O3/c1-17(2)15(8-5-9-15)11-16-14(21)18(10-13(19)20)12-6-3-4-7-12/h12H,3-11H2,1-2H3,(H,16,21)(H,19,20). The maximum Gasteiger partial charge on any atom is 0.323 e. The first-order chi connectivity index (χ1) is 9.94. The monoisotopic (exact) mass is 297 g/mol. The van der Waals surface area contributed by atoms with E-state index < -0.39 is 5.97 Å². The first kappa shape index (κ1) is 16.1. The molecule has 0 aromatic rings. The Labute approximate surface area is 126 Å². The average molecular weight is 297 g/mol. The zero-order valence-electron chi connectivity index (χ0n) is 13.1. The van der Waals surface area contributed by atoms with Gasteiger partial charge in [-0.15, -0.1) is 0 Å². The van der Waals surface area contributed by atoms with Crippen molar-refractivity contribution in [1.82, 2.24) is 15.1 Å².